The van der Waals surface area contributed by atoms with Crippen molar-refractivity contribution in [2.75, 3.05) is 13.1 Å². The van der Waals surface area contributed by atoms with E-state index in [-0.39, 0.29) is 18.1 Å². The van der Waals surface area contributed by atoms with Crippen LogP contribution in [0.4, 0.5) is 0 Å². The molecule has 0 aromatic heterocycles. The van der Waals surface area contributed by atoms with Gasteiger partial charge in [-0.1, -0.05) is 34.8 Å². The van der Waals surface area contributed by atoms with Crippen LogP contribution in [0.15, 0.2) is 0 Å². The normalized spacial score (nSPS) is 32.0. The van der Waals surface area contributed by atoms with Gasteiger partial charge in [0.05, 0.1) is 0 Å². The van der Waals surface area contributed by atoms with Gasteiger partial charge in [0.25, 0.3) is 3.79 Å². The van der Waals surface area contributed by atoms with E-state index < -0.39 is 9.96 Å². The molecule has 17 heavy (non-hydrogen) atoms. The van der Waals surface area contributed by atoms with Gasteiger partial charge in [0.15, 0.2) is 0 Å². The average molecular weight is 305 g/mol. The molecule has 0 saturated carbocycles. The van der Waals surface area contributed by atoms with Gasteiger partial charge in [0, 0.05) is 6.92 Å². The predicted molar refractivity (Wildman–Crippen MR) is 68.6 cm³/mol. The number of ether oxygens (including phenoxy) is 1. The van der Waals surface area contributed by atoms with Crippen LogP contribution in [0, 0.1) is 0 Å². The fourth-order valence-corrected chi connectivity index (χ4v) is 2.80. The highest BCUT2D eigenvalue weighted by molar-refractivity contribution is 6.68. The van der Waals surface area contributed by atoms with Gasteiger partial charge >= 0.3 is 0 Å². The van der Waals surface area contributed by atoms with Crippen LogP contribution in [0.5, 0.6) is 0 Å². The van der Waals surface area contributed by atoms with Crippen molar-refractivity contribution in [2.24, 2.45) is 0 Å². The Bertz CT molecular complexity index is 273. The smallest absolute Gasteiger partial charge is 0.262 e. The van der Waals surface area contributed by atoms with E-state index >= 15 is 0 Å². The summed E-state index contributed by atoms with van der Waals surface area (Å²) in [6.07, 6.45) is -0.395. The van der Waals surface area contributed by atoms with Crippen LogP contribution in [0.2, 0.25) is 0 Å². The molecule has 0 bridgehead atoms. The topological polar surface area (TPSA) is 42.8 Å². The lowest BCUT2D eigenvalue weighted by molar-refractivity contribution is -0.941. The highest BCUT2D eigenvalue weighted by Crippen LogP contribution is 2.28. The van der Waals surface area contributed by atoms with Gasteiger partial charge < -0.3 is 15.0 Å². The Morgan fingerprint density at radius 2 is 1.82 bits per heavy atom. The van der Waals surface area contributed by atoms with E-state index in [0.717, 1.165) is 4.90 Å². The first kappa shape index (κ1) is 15.3. The second kappa shape index (κ2) is 5.93. The van der Waals surface area contributed by atoms with Crippen LogP contribution in [0.1, 0.15) is 20.8 Å². The van der Waals surface area contributed by atoms with E-state index in [9.17, 15) is 4.79 Å². The number of hydrogen-bond donors (Lipinski definition) is 2. The number of carbonyl (C=O) groups is 1. The fourth-order valence-electron chi connectivity index (χ4n) is 2.17. The minimum atomic E-state index is -1.53. The maximum absolute atomic E-state index is 11.2. The van der Waals surface area contributed by atoms with E-state index in [1.807, 2.05) is 13.8 Å². The maximum Gasteiger partial charge on any atom is 0.262 e. The van der Waals surface area contributed by atoms with E-state index in [1.54, 1.807) is 0 Å². The number of morpholine rings is 1. The molecule has 1 rings (SSSR count). The summed E-state index contributed by atoms with van der Waals surface area (Å²) >= 11 is 17.8. The minimum absolute atomic E-state index is 0.0809. The van der Waals surface area contributed by atoms with Crippen molar-refractivity contribution in [3.8, 4) is 0 Å². The molecule has 100 valence electrons. The standard InChI is InChI=1S/C10H17Cl3N2O2/c1-6-4-15(5-7(2)17-6)9(10(11,12)13)14-8(3)16/h6-7,9H,4-5H2,1-3H3,(H,14,16)/p+1/t6-,7-,9+/m1/s1. The molecular weight excluding hydrogens is 286 g/mol. The van der Waals surface area contributed by atoms with Gasteiger partial charge in [-0.3, -0.25) is 4.79 Å². The van der Waals surface area contributed by atoms with E-state index in [2.05, 4.69) is 5.32 Å². The van der Waals surface area contributed by atoms with Crippen molar-refractivity contribution in [2.45, 2.75) is 42.9 Å². The molecule has 1 fully saturated rings. The summed E-state index contributed by atoms with van der Waals surface area (Å²) in [5.74, 6) is -0.208. The van der Waals surface area contributed by atoms with Crippen molar-refractivity contribution >= 4 is 40.7 Å². The monoisotopic (exact) mass is 303 g/mol. The Morgan fingerprint density at radius 1 is 1.35 bits per heavy atom. The molecule has 2 N–H and O–H groups in total. The lowest BCUT2D eigenvalue weighted by Gasteiger charge is -2.39. The Balaban J connectivity index is 2.78. The molecule has 1 heterocycles. The van der Waals surface area contributed by atoms with Crippen molar-refractivity contribution in [3.05, 3.63) is 0 Å². The summed E-state index contributed by atoms with van der Waals surface area (Å²) in [6, 6.07) is 0. The molecule has 3 atom stereocenters. The van der Waals surface area contributed by atoms with Crippen molar-refractivity contribution in [3.63, 3.8) is 0 Å². The lowest BCUT2D eigenvalue weighted by Crippen LogP contribution is -3.22. The van der Waals surface area contributed by atoms with Gasteiger partial charge in [0.2, 0.25) is 12.1 Å². The predicted octanol–water partition coefficient (Wildman–Crippen LogP) is 0.511. The molecule has 1 aliphatic rings. The molecule has 1 saturated heterocycles. The first-order valence-electron chi connectivity index (χ1n) is 5.54. The zero-order valence-corrected chi connectivity index (χ0v) is 12.4. The van der Waals surface area contributed by atoms with Crippen LogP contribution in [-0.4, -0.2) is 41.2 Å². The summed E-state index contributed by atoms with van der Waals surface area (Å²) in [5.41, 5.74) is 0. The van der Waals surface area contributed by atoms with Crippen molar-refractivity contribution in [1.82, 2.24) is 5.32 Å². The van der Waals surface area contributed by atoms with Gasteiger partial charge in [-0.05, 0) is 13.8 Å². The molecule has 0 unspecified atom stereocenters. The third-order valence-electron chi connectivity index (χ3n) is 2.65. The number of carbonyl (C=O) groups excluding carboxylic acids is 1. The number of alkyl halides is 3. The fraction of sp³-hybridized carbons (Fsp3) is 0.900. The molecule has 0 aromatic carbocycles. The molecular formula is C10H18Cl3N2O2+. The summed E-state index contributed by atoms with van der Waals surface area (Å²) in [6.45, 7) is 6.75. The van der Waals surface area contributed by atoms with E-state index in [0.29, 0.717) is 13.1 Å². The number of halogens is 3. The highest BCUT2D eigenvalue weighted by Gasteiger charge is 2.44. The SMILES string of the molecule is CC(=O)N[C@@H]([NH+]1C[C@@H](C)O[C@H](C)C1)C(Cl)(Cl)Cl. The number of quaternary nitrogens is 1. The summed E-state index contributed by atoms with van der Waals surface area (Å²) in [4.78, 5) is 12.2. The zero-order chi connectivity index (χ0) is 13.2. The Labute approximate surface area is 117 Å². The summed E-state index contributed by atoms with van der Waals surface area (Å²) in [7, 11) is 0. The molecule has 1 aliphatic heterocycles. The molecule has 4 nitrogen and oxygen atoms in total. The van der Waals surface area contributed by atoms with Gasteiger partial charge in [-0.2, -0.15) is 0 Å². The molecule has 0 radical (unpaired) electrons. The van der Waals surface area contributed by atoms with Crippen LogP contribution < -0.4 is 10.2 Å². The number of rotatable bonds is 2. The Kier molecular flexibility index (Phi) is 5.35. The van der Waals surface area contributed by atoms with Crippen LogP contribution in [0.25, 0.3) is 0 Å². The molecule has 0 spiro atoms. The number of amides is 1. The van der Waals surface area contributed by atoms with Crippen LogP contribution in [0.3, 0.4) is 0 Å². The van der Waals surface area contributed by atoms with Crippen LogP contribution >= 0.6 is 34.8 Å². The van der Waals surface area contributed by atoms with Crippen molar-refractivity contribution < 1.29 is 14.4 Å². The average Bonchev–Trinajstić information content (AvgIpc) is 2.10. The minimum Gasteiger partial charge on any atom is -0.364 e. The highest BCUT2D eigenvalue weighted by atomic mass is 35.6. The molecule has 0 aliphatic carbocycles. The Morgan fingerprint density at radius 3 is 2.18 bits per heavy atom. The van der Waals surface area contributed by atoms with E-state index in [1.165, 1.54) is 6.92 Å². The Hall–Kier alpha value is 0.260. The van der Waals surface area contributed by atoms with Crippen LogP contribution in [-0.2, 0) is 9.53 Å². The second-order valence-electron chi connectivity index (χ2n) is 4.50. The zero-order valence-electron chi connectivity index (χ0n) is 10.1. The van der Waals surface area contributed by atoms with E-state index in [4.69, 9.17) is 39.5 Å². The summed E-state index contributed by atoms with van der Waals surface area (Å²) in [5, 5.41) is 2.70. The number of nitrogens with one attached hydrogen (secondary N) is 2. The first-order chi connectivity index (χ1) is 7.70. The van der Waals surface area contributed by atoms with Crippen molar-refractivity contribution in [1.29, 1.82) is 0 Å². The second-order valence-corrected chi connectivity index (χ2v) is 6.87. The lowest BCUT2D eigenvalue weighted by atomic mass is 10.2. The first-order valence-corrected chi connectivity index (χ1v) is 6.67. The quantitative estimate of drug-likeness (QED) is 0.730. The largest absolute Gasteiger partial charge is 0.364 e. The molecule has 7 heteroatoms. The van der Waals surface area contributed by atoms with Gasteiger partial charge in [-0.15, -0.1) is 0 Å². The third kappa shape index (κ3) is 4.79. The number of hydrogen-bond acceptors (Lipinski definition) is 2. The maximum atomic E-state index is 11.2. The van der Waals surface area contributed by atoms with Gasteiger partial charge in [-0.25, -0.2) is 0 Å². The molecule has 0 aromatic rings. The molecule has 1 amide bonds. The van der Waals surface area contributed by atoms with Gasteiger partial charge in [0.1, 0.15) is 25.3 Å². The summed E-state index contributed by atoms with van der Waals surface area (Å²) < 4.78 is 4.09. The third-order valence-corrected chi connectivity index (χ3v) is 3.30.